The number of sulfone groups is 1. The molecule has 0 saturated carbocycles. The van der Waals surface area contributed by atoms with Gasteiger partial charge in [0.1, 0.15) is 23.1 Å². The monoisotopic (exact) mass is 331 g/mol. The second kappa shape index (κ2) is 6.19. The number of hydrogen-bond donors (Lipinski definition) is 2. The quantitative estimate of drug-likeness (QED) is 0.740. The molecule has 23 heavy (non-hydrogen) atoms. The summed E-state index contributed by atoms with van der Waals surface area (Å²) in [5.74, 6) is 0.382. The van der Waals surface area contributed by atoms with E-state index < -0.39 is 15.9 Å². The summed E-state index contributed by atoms with van der Waals surface area (Å²) in [7, 11) is -3.69. The number of aliphatic hydroxyl groups is 1. The highest BCUT2D eigenvalue weighted by Gasteiger charge is 2.22. The summed E-state index contributed by atoms with van der Waals surface area (Å²) in [6.07, 6.45) is 4.27. The van der Waals surface area contributed by atoms with Gasteiger partial charge in [-0.1, -0.05) is 18.2 Å². The topological polar surface area (TPSA) is 109 Å². The Morgan fingerprint density at radius 2 is 2.00 bits per heavy atom. The maximum Gasteiger partial charge on any atom is 0.210 e. The van der Waals surface area contributed by atoms with Gasteiger partial charge >= 0.3 is 0 Å². The van der Waals surface area contributed by atoms with Gasteiger partial charge in [0.25, 0.3) is 0 Å². The molecule has 2 aromatic heterocycles. The molecular weight excluding hydrogens is 318 g/mol. The van der Waals surface area contributed by atoms with Crippen LogP contribution in [0.1, 0.15) is 17.7 Å². The summed E-state index contributed by atoms with van der Waals surface area (Å²) in [6.45, 7) is 0. The summed E-state index contributed by atoms with van der Waals surface area (Å²) < 4.78 is 30.4. The van der Waals surface area contributed by atoms with Crippen LogP contribution in [0.2, 0.25) is 0 Å². The van der Waals surface area contributed by atoms with Crippen molar-refractivity contribution >= 4 is 15.9 Å². The van der Waals surface area contributed by atoms with Gasteiger partial charge in [0, 0.05) is 0 Å². The van der Waals surface area contributed by atoms with Crippen LogP contribution >= 0.6 is 0 Å². The normalized spacial score (nSPS) is 13.4. The number of nitrogens with one attached hydrogen (secondary N) is 1. The first-order valence-electron chi connectivity index (χ1n) is 6.68. The lowest BCUT2D eigenvalue weighted by molar-refractivity contribution is 0.219. The molecule has 3 rings (SSSR count). The minimum atomic E-state index is -3.69. The zero-order valence-corrected chi connectivity index (χ0v) is 12.6. The summed E-state index contributed by atoms with van der Waals surface area (Å²) in [6, 6.07) is 9.44. The molecule has 2 heterocycles. The third kappa shape index (κ3) is 3.08. The second-order valence-corrected chi connectivity index (χ2v) is 6.56. The fourth-order valence-electron chi connectivity index (χ4n) is 2.01. The van der Waals surface area contributed by atoms with Crippen LogP contribution in [0, 0.1) is 0 Å². The predicted molar refractivity (Wildman–Crippen MR) is 81.0 cm³/mol. The first-order chi connectivity index (χ1) is 11.1. The van der Waals surface area contributed by atoms with E-state index in [-0.39, 0.29) is 21.4 Å². The highest BCUT2D eigenvalue weighted by molar-refractivity contribution is 7.91. The second-order valence-electron chi connectivity index (χ2n) is 4.64. The Balaban J connectivity index is 1.91. The van der Waals surface area contributed by atoms with Gasteiger partial charge in [-0.2, -0.15) is 5.10 Å². The summed E-state index contributed by atoms with van der Waals surface area (Å²) in [5, 5.41) is 16.1. The lowest BCUT2D eigenvalue weighted by Crippen LogP contribution is -2.02. The van der Waals surface area contributed by atoms with Crippen LogP contribution in [0.5, 0.6) is 0 Å². The molecular formula is C15H13N3O4S. The van der Waals surface area contributed by atoms with Crippen molar-refractivity contribution < 1.29 is 17.9 Å². The van der Waals surface area contributed by atoms with E-state index in [9.17, 15) is 13.5 Å². The molecule has 0 aliphatic rings. The SMILES string of the molecule is O=S(=O)(c1ccccc1)c1ccoc1C=CC(O)c1ncn[nH]1. The summed E-state index contributed by atoms with van der Waals surface area (Å²) in [4.78, 5) is 4.02. The Morgan fingerprint density at radius 1 is 1.22 bits per heavy atom. The minimum Gasteiger partial charge on any atom is -0.464 e. The zero-order chi connectivity index (χ0) is 16.3. The van der Waals surface area contributed by atoms with Crippen LogP contribution in [-0.4, -0.2) is 28.7 Å². The number of nitrogens with zero attached hydrogens (tertiary/aromatic N) is 2. The third-order valence-corrected chi connectivity index (χ3v) is 4.95. The molecule has 8 heteroatoms. The fourth-order valence-corrected chi connectivity index (χ4v) is 3.39. The molecule has 2 N–H and O–H groups in total. The van der Waals surface area contributed by atoms with E-state index in [4.69, 9.17) is 4.42 Å². The van der Waals surface area contributed by atoms with E-state index in [0.29, 0.717) is 0 Å². The number of aromatic nitrogens is 3. The first kappa shape index (κ1) is 15.2. The Labute approximate surface area is 132 Å². The minimum absolute atomic E-state index is 0.0321. The molecule has 0 spiro atoms. The van der Waals surface area contributed by atoms with Crippen molar-refractivity contribution in [1.29, 1.82) is 0 Å². The number of H-pyrrole nitrogens is 1. The van der Waals surface area contributed by atoms with Gasteiger partial charge in [-0.15, -0.1) is 0 Å². The van der Waals surface area contributed by atoms with E-state index in [1.165, 1.54) is 42.9 Å². The summed E-state index contributed by atoms with van der Waals surface area (Å²) in [5.41, 5.74) is 0. The molecule has 7 nitrogen and oxygen atoms in total. The van der Waals surface area contributed by atoms with Crippen LogP contribution in [0.15, 0.2) is 69.3 Å². The van der Waals surface area contributed by atoms with Crippen molar-refractivity contribution in [3.05, 3.63) is 66.6 Å². The number of aliphatic hydroxyl groups excluding tert-OH is 1. The van der Waals surface area contributed by atoms with Gasteiger partial charge in [-0.25, -0.2) is 13.4 Å². The Kier molecular flexibility index (Phi) is 4.09. The molecule has 0 aliphatic carbocycles. The maximum atomic E-state index is 12.6. The van der Waals surface area contributed by atoms with Crippen LogP contribution in [0.3, 0.4) is 0 Å². The fraction of sp³-hybridized carbons (Fsp3) is 0.0667. The van der Waals surface area contributed by atoms with E-state index in [1.54, 1.807) is 18.2 Å². The number of benzene rings is 1. The summed E-state index contributed by atoms with van der Waals surface area (Å²) >= 11 is 0. The molecule has 0 radical (unpaired) electrons. The molecule has 1 unspecified atom stereocenters. The zero-order valence-electron chi connectivity index (χ0n) is 11.8. The lowest BCUT2D eigenvalue weighted by atomic mass is 10.3. The van der Waals surface area contributed by atoms with Gasteiger partial charge in [-0.05, 0) is 30.4 Å². The Hall–Kier alpha value is -2.71. The van der Waals surface area contributed by atoms with Gasteiger partial charge in [-0.3, -0.25) is 5.10 Å². The lowest BCUT2D eigenvalue weighted by Gasteiger charge is -2.03. The van der Waals surface area contributed by atoms with Gasteiger partial charge in [0.15, 0.2) is 5.82 Å². The van der Waals surface area contributed by atoms with Crippen molar-refractivity contribution in [1.82, 2.24) is 15.2 Å². The Bertz CT molecular complexity index is 899. The Morgan fingerprint density at radius 3 is 2.70 bits per heavy atom. The van der Waals surface area contributed by atoms with Gasteiger partial charge < -0.3 is 9.52 Å². The molecule has 0 fully saturated rings. The molecule has 0 bridgehead atoms. The molecule has 0 amide bonds. The average Bonchev–Trinajstić information content (AvgIpc) is 3.25. The highest BCUT2D eigenvalue weighted by Crippen LogP contribution is 2.26. The number of hydrogen-bond acceptors (Lipinski definition) is 6. The molecule has 3 aromatic rings. The van der Waals surface area contributed by atoms with Crippen LogP contribution in [-0.2, 0) is 9.84 Å². The number of furan rings is 1. The maximum absolute atomic E-state index is 12.6. The van der Waals surface area contributed by atoms with E-state index in [0.717, 1.165) is 0 Å². The van der Waals surface area contributed by atoms with Crippen LogP contribution in [0.4, 0.5) is 0 Å². The standard InChI is InChI=1S/C15H13N3O4S/c19-12(15-16-10-17-18-15)6-7-13-14(8-9-22-13)23(20,21)11-4-2-1-3-5-11/h1-10,12,19H,(H,16,17,18). The molecule has 1 atom stereocenters. The largest absolute Gasteiger partial charge is 0.464 e. The van der Waals surface area contributed by atoms with Crippen molar-refractivity contribution in [2.24, 2.45) is 0 Å². The molecule has 0 aliphatic heterocycles. The van der Waals surface area contributed by atoms with Crippen molar-refractivity contribution in [2.75, 3.05) is 0 Å². The van der Waals surface area contributed by atoms with Crippen LogP contribution in [0.25, 0.3) is 6.08 Å². The molecule has 1 aromatic carbocycles. The van der Waals surface area contributed by atoms with Crippen molar-refractivity contribution in [2.45, 2.75) is 15.9 Å². The van der Waals surface area contributed by atoms with Gasteiger partial charge in [0.2, 0.25) is 9.84 Å². The predicted octanol–water partition coefficient (Wildman–Crippen LogP) is 1.98. The average molecular weight is 331 g/mol. The van der Waals surface area contributed by atoms with E-state index in [1.807, 2.05) is 0 Å². The number of rotatable bonds is 5. The van der Waals surface area contributed by atoms with Crippen molar-refractivity contribution in [3.8, 4) is 0 Å². The highest BCUT2D eigenvalue weighted by atomic mass is 32.2. The van der Waals surface area contributed by atoms with Gasteiger partial charge in [0.05, 0.1) is 11.2 Å². The van der Waals surface area contributed by atoms with Crippen LogP contribution < -0.4 is 0 Å². The van der Waals surface area contributed by atoms with E-state index in [2.05, 4.69) is 15.2 Å². The molecule has 118 valence electrons. The third-order valence-electron chi connectivity index (χ3n) is 3.14. The number of aromatic amines is 1. The van der Waals surface area contributed by atoms with Crippen molar-refractivity contribution in [3.63, 3.8) is 0 Å². The smallest absolute Gasteiger partial charge is 0.210 e. The molecule has 0 saturated heterocycles. The van der Waals surface area contributed by atoms with E-state index >= 15 is 0 Å². The first-order valence-corrected chi connectivity index (χ1v) is 8.16.